The molecular formula is C21H29N5O2. The van der Waals surface area contributed by atoms with Gasteiger partial charge in [0.2, 0.25) is 17.8 Å². The van der Waals surface area contributed by atoms with Crippen LogP contribution in [-0.4, -0.2) is 33.0 Å². The second-order valence-electron chi connectivity index (χ2n) is 7.93. The molecule has 3 N–H and O–H groups in total. The highest BCUT2D eigenvalue weighted by Crippen LogP contribution is 2.33. The minimum absolute atomic E-state index is 0.0219. The van der Waals surface area contributed by atoms with E-state index in [2.05, 4.69) is 39.7 Å². The average molecular weight is 383 g/mol. The van der Waals surface area contributed by atoms with Crippen LogP contribution in [0.3, 0.4) is 0 Å². The molecule has 1 saturated carbocycles. The van der Waals surface area contributed by atoms with Crippen molar-refractivity contribution in [2.75, 3.05) is 5.32 Å². The van der Waals surface area contributed by atoms with Gasteiger partial charge in [0.15, 0.2) is 0 Å². The van der Waals surface area contributed by atoms with Crippen molar-refractivity contribution in [2.24, 2.45) is 17.8 Å². The van der Waals surface area contributed by atoms with E-state index in [9.17, 15) is 9.59 Å². The van der Waals surface area contributed by atoms with E-state index in [1.54, 1.807) is 0 Å². The summed E-state index contributed by atoms with van der Waals surface area (Å²) in [6, 6.07) is 9.02. The molecule has 1 unspecified atom stereocenters. The summed E-state index contributed by atoms with van der Waals surface area (Å²) in [7, 11) is 0. The molecule has 0 saturated heterocycles. The van der Waals surface area contributed by atoms with Crippen LogP contribution in [0.25, 0.3) is 0 Å². The maximum atomic E-state index is 12.9. The number of aromatic amines is 1. The topological polar surface area (TPSA) is 99.8 Å². The Morgan fingerprint density at radius 3 is 2.46 bits per heavy atom. The number of hydrogen-bond donors (Lipinski definition) is 3. The van der Waals surface area contributed by atoms with Crippen molar-refractivity contribution in [3.8, 4) is 0 Å². The van der Waals surface area contributed by atoms with Gasteiger partial charge in [0.25, 0.3) is 0 Å². The number of anilines is 1. The van der Waals surface area contributed by atoms with Crippen molar-refractivity contribution in [3.63, 3.8) is 0 Å². The first kappa shape index (κ1) is 20.0. The summed E-state index contributed by atoms with van der Waals surface area (Å²) < 4.78 is 0. The molecule has 1 aromatic heterocycles. The van der Waals surface area contributed by atoms with E-state index in [1.165, 1.54) is 6.33 Å². The molecule has 0 aliphatic heterocycles. The highest BCUT2D eigenvalue weighted by atomic mass is 16.2. The van der Waals surface area contributed by atoms with E-state index < -0.39 is 6.04 Å². The molecule has 2 amide bonds. The third-order valence-electron chi connectivity index (χ3n) is 5.66. The first-order valence-corrected chi connectivity index (χ1v) is 10.0. The second-order valence-corrected chi connectivity index (χ2v) is 7.93. The predicted molar refractivity (Wildman–Crippen MR) is 107 cm³/mol. The first-order chi connectivity index (χ1) is 13.5. The number of carbonyl (C=O) groups is 2. The Labute approximate surface area is 165 Å². The number of H-pyrrole nitrogens is 1. The fourth-order valence-electron chi connectivity index (χ4n) is 3.87. The molecule has 1 fully saturated rings. The molecule has 28 heavy (non-hydrogen) atoms. The van der Waals surface area contributed by atoms with Gasteiger partial charge in [-0.25, -0.2) is 5.10 Å². The summed E-state index contributed by atoms with van der Waals surface area (Å²) >= 11 is 0. The number of benzene rings is 1. The summed E-state index contributed by atoms with van der Waals surface area (Å²) in [5.74, 6) is 1.27. The number of carbonyl (C=O) groups excluding carboxylic acids is 2. The largest absolute Gasteiger partial charge is 0.344 e. The normalized spacial score (nSPS) is 20.5. The van der Waals surface area contributed by atoms with E-state index in [1.807, 2.05) is 30.3 Å². The van der Waals surface area contributed by atoms with Crippen molar-refractivity contribution in [1.82, 2.24) is 20.5 Å². The van der Waals surface area contributed by atoms with Gasteiger partial charge in [-0.1, -0.05) is 44.2 Å². The van der Waals surface area contributed by atoms with Crippen LogP contribution in [0, 0.1) is 17.8 Å². The minimum atomic E-state index is -0.664. The number of aromatic nitrogens is 3. The lowest BCUT2D eigenvalue weighted by atomic mass is 9.76. The highest BCUT2D eigenvalue weighted by molar-refractivity contribution is 5.96. The van der Waals surface area contributed by atoms with E-state index in [4.69, 9.17) is 0 Å². The zero-order valence-electron chi connectivity index (χ0n) is 16.5. The summed E-state index contributed by atoms with van der Waals surface area (Å²) in [5, 5.41) is 12.0. The number of rotatable bonds is 7. The van der Waals surface area contributed by atoms with Crippen LogP contribution >= 0.6 is 0 Å². The lowest BCUT2D eigenvalue weighted by molar-refractivity contribution is -0.130. The van der Waals surface area contributed by atoms with Crippen LogP contribution in [0.2, 0.25) is 0 Å². The summed E-state index contributed by atoms with van der Waals surface area (Å²) in [5.41, 5.74) is 0.990. The molecule has 7 heteroatoms. The fourth-order valence-corrected chi connectivity index (χ4v) is 3.87. The standard InChI is InChI=1S/C21H29N5O2/c1-14(2)16-8-10-17(11-9-16)19(27)24-18(12-15-6-4-3-5-7-15)20(28)25-21-22-13-23-26-21/h3-7,13-14,16-18H,8-12H2,1-2H3,(H,24,27)(H2,22,23,25,26,28). The molecule has 7 nitrogen and oxygen atoms in total. The maximum absolute atomic E-state index is 12.9. The van der Waals surface area contributed by atoms with Crippen LogP contribution in [-0.2, 0) is 16.0 Å². The van der Waals surface area contributed by atoms with Crippen LogP contribution in [0.4, 0.5) is 5.95 Å². The molecular weight excluding hydrogens is 354 g/mol. The predicted octanol–water partition coefficient (Wildman–Crippen LogP) is 2.93. The molecule has 0 spiro atoms. The van der Waals surface area contributed by atoms with Gasteiger partial charge in [-0.15, -0.1) is 0 Å². The third kappa shape index (κ3) is 5.41. The number of nitrogens with one attached hydrogen (secondary N) is 3. The van der Waals surface area contributed by atoms with Crippen LogP contribution < -0.4 is 10.6 Å². The molecule has 2 aromatic rings. The van der Waals surface area contributed by atoms with Crippen molar-refractivity contribution in [2.45, 2.75) is 52.0 Å². The molecule has 1 aliphatic carbocycles. The molecule has 3 rings (SSSR count). The number of amides is 2. The minimum Gasteiger partial charge on any atom is -0.344 e. The van der Waals surface area contributed by atoms with Gasteiger partial charge >= 0.3 is 0 Å². The quantitative estimate of drug-likeness (QED) is 0.684. The van der Waals surface area contributed by atoms with Crippen LogP contribution in [0.15, 0.2) is 36.7 Å². The van der Waals surface area contributed by atoms with Crippen LogP contribution in [0.1, 0.15) is 45.1 Å². The summed E-state index contributed by atoms with van der Waals surface area (Å²) in [6.45, 7) is 4.49. The third-order valence-corrected chi connectivity index (χ3v) is 5.66. The Bertz CT molecular complexity index is 752. The molecule has 150 valence electrons. The Morgan fingerprint density at radius 2 is 1.86 bits per heavy atom. The first-order valence-electron chi connectivity index (χ1n) is 10.0. The SMILES string of the molecule is CC(C)C1CCC(C(=O)NC(Cc2ccccc2)C(=O)Nc2ncn[nH]2)CC1. The smallest absolute Gasteiger partial charge is 0.249 e. The van der Waals surface area contributed by atoms with Gasteiger partial charge in [-0.3, -0.25) is 14.9 Å². The van der Waals surface area contributed by atoms with Gasteiger partial charge in [0.1, 0.15) is 12.4 Å². The van der Waals surface area contributed by atoms with E-state index in [-0.39, 0.29) is 23.7 Å². The summed E-state index contributed by atoms with van der Waals surface area (Å²) in [4.78, 5) is 29.5. The molecule has 1 aromatic carbocycles. The zero-order chi connectivity index (χ0) is 19.9. The molecule has 0 radical (unpaired) electrons. The fraction of sp³-hybridized carbons (Fsp3) is 0.524. The number of hydrogen-bond acceptors (Lipinski definition) is 4. The monoisotopic (exact) mass is 383 g/mol. The Morgan fingerprint density at radius 1 is 1.14 bits per heavy atom. The second kappa shape index (κ2) is 9.48. The molecule has 1 heterocycles. The van der Waals surface area contributed by atoms with Gasteiger partial charge in [0, 0.05) is 12.3 Å². The van der Waals surface area contributed by atoms with Crippen molar-refractivity contribution in [1.29, 1.82) is 0 Å². The van der Waals surface area contributed by atoms with Gasteiger partial charge in [-0.2, -0.15) is 10.1 Å². The van der Waals surface area contributed by atoms with E-state index in [0.717, 1.165) is 31.2 Å². The van der Waals surface area contributed by atoms with Gasteiger partial charge in [-0.05, 0) is 43.1 Å². The summed E-state index contributed by atoms with van der Waals surface area (Å²) in [6.07, 6.45) is 5.67. The van der Waals surface area contributed by atoms with E-state index in [0.29, 0.717) is 18.3 Å². The Hall–Kier alpha value is -2.70. The average Bonchev–Trinajstić information content (AvgIpc) is 3.21. The van der Waals surface area contributed by atoms with Gasteiger partial charge < -0.3 is 5.32 Å². The van der Waals surface area contributed by atoms with Crippen molar-refractivity contribution in [3.05, 3.63) is 42.2 Å². The lowest BCUT2D eigenvalue weighted by Gasteiger charge is -2.31. The van der Waals surface area contributed by atoms with Crippen molar-refractivity contribution >= 4 is 17.8 Å². The van der Waals surface area contributed by atoms with Crippen LogP contribution in [0.5, 0.6) is 0 Å². The number of nitrogens with zero attached hydrogens (tertiary/aromatic N) is 2. The van der Waals surface area contributed by atoms with Crippen molar-refractivity contribution < 1.29 is 9.59 Å². The van der Waals surface area contributed by atoms with E-state index >= 15 is 0 Å². The molecule has 1 aliphatic rings. The Kier molecular flexibility index (Phi) is 6.79. The Balaban J connectivity index is 1.64. The highest BCUT2D eigenvalue weighted by Gasteiger charge is 2.30. The van der Waals surface area contributed by atoms with Gasteiger partial charge in [0.05, 0.1) is 0 Å². The zero-order valence-corrected chi connectivity index (χ0v) is 16.5. The molecule has 1 atom stereocenters. The maximum Gasteiger partial charge on any atom is 0.249 e. The lowest BCUT2D eigenvalue weighted by Crippen LogP contribution is -2.48. The molecule has 0 bridgehead atoms.